The molecule has 0 spiro atoms. The highest BCUT2D eigenvalue weighted by atomic mass is 19.1. The number of nitrogens with one attached hydrogen (secondary N) is 3. The van der Waals surface area contributed by atoms with Gasteiger partial charge in [-0.2, -0.15) is 0 Å². The number of urea groups is 2. The average molecular weight is 385 g/mol. The van der Waals surface area contributed by atoms with E-state index in [2.05, 4.69) is 20.9 Å². The number of anilines is 3. The van der Waals surface area contributed by atoms with Gasteiger partial charge in [0.1, 0.15) is 5.82 Å². The van der Waals surface area contributed by atoms with E-state index in [1.54, 1.807) is 6.07 Å². The standard InChI is InChI=1S/C20H24FN5O2/c1-2-22-20(28)26-12-10-25(11-13-26)18-8-6-16(7-9-18)23-19(27)24-17-5-3-4-15(21)14-17/h3-9,14H,2,10-13H2,1H3,(H,22,28)(H2,23,24,27). The van der Waals surface area contributed by atoms with Crippen molar-refractivity contribution in [1.29, 1.82) is 0 Å². The van der Waals surface area contributed by atoms with Gasteiger partial charge in [0.05, 0.1) is 0 Å². The van der Waals surface area contributed by atoms with E-state index in [1.165, 1.54) is 18.2 Å². The molecule has 1 saturated heterocycles. The van der Waals surface area contributed by atoms with Crippen LogP contribution in [0.15, 0.2) is 48.5 Å². The van der Waals surface area contributed by atoms with Crippen molar-refractivity contribution in [2.75, 3.05) is 48.3 Å². The van der Waals surface area contributed by atoms with Gasteiger partial charge in [-0.05, 0) is 49.4 Å². The zero-order chi connectivity index (χ0) is 19.9. The first-order valence-electron chi connectivity index (χ1n) is 9.26. The van der Waals surface area contributed by atoms with E-state index in [-0.39, 0.29) is 6.03 Å². The fourth-order valence-corrected chi connectivity index (χ4v) is 3.05. The van der Waals surface area contributed by atoms with E-state index in [1.807, 2.05) is 36.1 Å². The van der Waals surface area contributed by atoms with E-state index >= 15 is 0 Å². The summed E-state index contributed by atoms with van der Waals surface area (Å²) in [6, 6.07) is 12.8. The molecule has 0 aliphatic carbocycles. The summed E-state index contributed by atoms with van der Waals surface area (Å²) < 4.78 is 13.2. The second kappa shape index (κ2) is 9.07. The van der Waals surface area contributed by atoms with Crippen LogP contribution < -0.4 is 20.9 Å². The topological polar surface area (TPSA) is 76.7 Å². The number of carbonyl (C=O) groups excluding carboxylic acids is 2. The lowest BCUT2D eigenvalue weighted by Gasteiger charge is -2.36. The molecule has 1 heterocycles. The highest BCUT2D eigenvalue weighted by Gasteiger charge is 2.20. The molecule has 28 heavy (non-hydrogen) atoms. The molecule has 0 aromatic heterocycles. The molecule has 1 aliphatic heterocycles. The maximum Gasteiger partial charge on any atom is 0.323 e. The van der Waals surface area contributed by atoms with E-state index in [4.69, 9.17) is 0 Å². The van der Waals surface area contributed by atoms with Gasteiger partial charge in [-0.25, -0.2) is 14.0 Å². The van der Waals surface area contributed by atoms with Gasteiger partial charge in [0, 0.05) is 49.8 Å². The van der Waals surface area contributed by atoms with Crippen LogP contribution in [0.25, 0.3) is 0 Å². The minimum absolute atomic E-state index is 0.0222. The Morgan fingerprint density at radius 1 is 0.964 bits per heavy atom. The van der Waals surface area contributed by atoms with Crippen LogP contribution in [0.3, 0.4) is 0 Å². The zero-order valence-corrected chi connectivity index (χ0v) is 15.7. The number of nitrogens with zero attached hydrogens (tertiary/aromatic N) is 2. The predicted octanol–water partition coefficient (Wildman–Crippen LogP) is 3.32. The fourth-order valence-electron chi connectivity index (χ4n) is 3.05. The van der Waals surface area contributed by atoms with Crippen LogP contribution in [0.2, 0.25) is 0 Å². The van der Waals surface area contributed by atoms with Crippen LogP contribution in [0.1, 0.15) is 6.92 Å². The third kappa shape index (κ3) is 5.12. The zero-order valence-electron chi connectivity index (χ0n) is 15.7. The third-order valence-corrected chi connectivity index (χ3v) is 4.47. The van der Waals surface area contributed by atoms with Gasteiger partial charge < -0.3 is 25.8 Å². The Hall–Kier alpha value is -3.29. The first kappa shape index (κ1) is 19.5. The lowest BCUT2D eigenvalue weighted by molar-refractivity contribution is 0.195. The van der Waals surface area contributed by atoms with Crippen molar-refractivity contribution >= 4 is 29.1 Å². The van der Waals surface area contributed by atoms with Gasteiger partial charge in [-0.1, -0.05) is 6.07 Å². The molecule has 0 radical (unpaired) electrons. The number of hydrogen-bond acceptors (Lipinski definition) is 3. The highest BCUT2D eigenvalue weighted by molar-refractivity contribution is 5.99. The van der Waals surface area contributed by atoms with Crippen molar-refractivity contribution in [2.45, 2.75) is 6.92 Å². The summed E-state index contributed by atoms with van der Waals surface area (Å²) in [5.74, 6) is -0.408. The molecule has 4 amide bonds. The summed E-state index contributed by atoms with van der Waals surface area (Å²) in [5, 5.41) is 8.13. The SMILES string of the molecule is CCNC(=O)N1CCN(c2ccc(NC(=O)Nc3cccc(F)c3)cc2)CC1. The summed E-state index contributed by atoms with van der Waals surface area (Å²) in [7, 11) is 0. The molecule has 0 atom stereocenters. The number of carbonyl (C=O) groups is 2. The van der Waals surface area contributed by atoms with Gasteiger partial charge in [-0.3, -0.25) is 0 Å². The van der Waals surface area contributed by atoms with Crippen molar-refractivity contribution in [3.8, 4) is 0 Å². The first-order valence-corrected chi connectivity index (χ1v) is 9.26. The van der Waals surface area contributed by atoms with Crippen LogP contribution in [0.4, 0.5) is 31.0 Å². The number of benzene rings is 2. The molecule has 2 aromatic rings. The Kier molecular flexibility index (Phi) is 6.31. The monoisotopic (exact) mass is 385 g/mol. The summed E-state index contributed by atoms with van der Waals surface area (Å²) in [4.78, 5) is 27.9. The molecular weight excluding hydrogens is 361 g/mol. The molecule has 148 valence electrons. The number of halogens is 1. The minimum atomic E-state index is -0.436. The summed E-state index contributed by atoms with van der Waals surface area (Å²) in [6.07, 6.45) is 0. The lowest BCUT2D eigenvalue weighted by atomic mass is 10.2. The quantitative estimate of drug-likeness (QED) is 0.756. The molecule has 7 nitrogen and oxygen atoms in total. The molecule has 0 saturated carbocycles. The Balaban J connectivity index is 1.51. The van der Waals surface area contributed by atoms with Crippen molar-refractivity contribution in [2.24, 2.45) is 0 Å². The largest absolute Gasteiger partial charge is 0.368 e. The molecule has 0 unspecified atom stereocenters. The molecule has 3 N–H and O–H groups in total. The van der Waals surface area contributed by atoms with Crippen LogP contribution in [-0.4, -0.2) is 49.7 Å². The second-order valence-corrected chi connectivity index (χ2v) is 6.45. The predicted molar refractivity (Wildman–Crippen MR) is 108 cm³/mol. The number of amides is 4. The van der Waals surface area contributed by atoms with Crippen molar-refractivity contribution in [3.63, 3.8) is 0 Å². The van der Waals surface area contributed by atoms with Crippen LogP contribution in [0, 0.1) is 5.82 Å². The van der Waals surface area contributed by atoms with Crippen LogP contribution in [0.5, 0.6) is 0 Å². The lowest BCUT2D eigenvalue weighted by Crippen LogP contribution is -2.51. The van der Waals surface area contributed by atoms with E-state index in [0.717, 1.165) is 18.8 Å². The maximum atomic E-state index is 13.2. The average Bonchev–Trinajstić information content (AvgIpc) is 2.69. The van der Waals surface area contributed by atoms with Crippen LogP contribution >= 0.6 is 0 Å². The second-order valence-electron chi connectivity index (χ2n) is 6.45. The van der Waals surface area contributed by atoms with Gasteiger partial charge >= 0.3 is 12.1 Å². The minimum Gasteiger partial charge on any atom is -0.368 e. The summed E-state index contributed by atoms with van der Waals surface area (Å²) in [5.41, 5.74) is 2.06. The Bertz CT molecular complexity index is 820. The summed E-state index contributed by atoms with van der Waals surface area (Å²) >= 11 is 0. The molecule has 3 rings (SSSR count). The van der Waals surface area contributed by atoms with Gasteiger partial charge in [0.25, 0.3) is 0 Å². The molecule has 8 heteroatoms. The first-order chi connectivity index (χ1) is 13.5. The van der Waals surface area contributed by atoms with Crippen molar-refractivity contribution in [1.82, 2.24) is 10.2 Å². The van der Waals surface area contributed by atoms with Crippen molar-refractivity contribution in [3.05, 3.63) is 54.3 Å². The molecule has 0 bridgehead atoms. The molecule has 1 fully saturated rings. The number of rotatable bonds is 4. The van der Waals surface area contributed by atoms with Gasteiger partial charge in [-0.15, -0.1) is 0 Å². The van der Waals surface area contributed by atoms with Crippen LogP contribution in [-0.2, 0) is 0 Å². The van der Waals surface area contributed by atoms with E-state index in [0.29, 0.717) is 31.0 Å². The Morgan fingerprint density at radius 3 is 2.29 bits per heavy atom. The van der Waals surface area contributed by atoms with Gasteiger partial charge in [0.2, 0.25) is 0 Å². The molecule has 1 aliphatic rings. The summed E-state index contributed by atoms with van der Waals surface area (Å²) in [6.45, 7) is 5.38. The highest BCUT2D eigenvalue weighted by Crippen LogP contribution is 2.20. The molecular formula is C20H24FN5O2. The normalized spacial score (nSPS) is 13.8. The van der Waals surface area contributed by atoms with E-state index in [9.17, 15) is 14.0 Å². The maximum absolute atomic E-state index is 13.2. The smallest absolute Gasteiger partial charge is 0.323 e. The van der Waals surface area contributed by atoms with Crippen molar-refractivity contribution < 1.29 is 14.0 Å². The Morgan fingerprint density at radius 2 is 1.64 bits per heavy atom. The molecule has 2 aromatic carbocycles. The van der Waals surface area contributed by atoms with E-state index < -0.39 is 11.8 Å². The third-order valence-electron chi connectivity index (χ3n) is 4.47. The number of hydrogen-bond donors (Lipinski definition) is 3. The van der Waals surface area contributed by atoms with Gasteiger partial charge in [0.15, 0.2) is 0 Å². The number of piperazine rings is 1. The fraction of sp³-hybridized carbons (Fsp3) is 0.300. The Labute approximate surface area is 163 Å².